The van der Waals surface area contributed by atoms with E-state index in [1.807, 2.05) is 19.1 Å². The fourth-order valence-corrected chi connectivity index (χ4v) is 1.89. The molecule has 0 amide bonds. The van der Waals surface area contributed by atoms with Crippen molar-refractivity contribution >= 4 is 17.3 Å². The highest BCUT2D eigenvalue weighted by Crippen LogP contribution is 2.23. The van der Waals surface area contributed by atoms with Gasteiger partial charge < -0.3 is 10.5 Å². The lowest BCUT2D eigenvalue weighted by molar-refractivity contribution is -0.141. The molecule has 0 aliphatic heterocycles. The first-order valence-corrected chi connectivity index (χ1v) is 4.84. The molecule has 2 N–H and O–H groups in total. The first-order valence-electron chi connectivity index (χ1n) is 4.02. The highest BCUT2D eigenvalue weighted by molar-refractivity contribution is 7.12. The average Bonchev–Trinajstić information content (AvgIpc) is 2.51. The number of esters is 1. The van der Waals surface area contributed by atoms with Gasteiger partial charge in [0.25, 0.3) is 0 Å². The summed E-state index contributed by atoms with van der Waals surface area (Å²) in [6.07, 6.45) is 0.246. The number of thiophene rings is 1. The minimum absolute atomic E-state index is 0.230. The van der Waals surface area contributed by atoms with Crippen LogP contribution in [-0.2, 0) is 9.53 Å². The zero-order chi connectivity index (χ0) is 9.84. The van der Waals surface area contributed by atoms with Crippen molar-refractivity contribution < 1.29 is 9.53 Å². The van der Waals surface area contributed by atoms with Crippen molar-refractivity contribution in [3.05, 3.63) is 21.9 Å². The van der Waals surface area contributed by atoms with Crippen LogP contribution in [0, 0.1) is 6.92 Å². The molecule has 0 radical (unpaired) electrons. The summed E-state index contributed by atoms with van der Waals surface area (Å²) in [7, 11) is 1.37. The lowest BCUT2D eigenvalue weighted by Crippen LogP contribution is -2.14. The molecule has 1 heterocycles. The van der Waals surface area contributed by atoms with E-state index in [2.05, 4.69) is 4.74 Å². The van der Waals surface area contributed by atoms with Gasteiger partial charge in [0.1, 0.15) is 0 Å². The molecule has 1 rings (SSSR count). The summed E-state index contributed by atoms with van der Waals surface area (Å²) >= 11 is 1.62. The molecule has 13 heavy (non-hydrogen) atoms. The fraction of sp³-hybridized carbons (Fsp3) is 0.444. The molecule has 0 aliphatic rings. The van der Waals surface area contributed by atoms with Crippen molar-refractivity contribution in [1.82, 2.24) is 0 Å². The van der Waals surface area contributed by atoms with Crippen LogP contribution in [0.4, 0.5) is 0 Å². The lowest BCUT2D eigenvalue weighted by Gasteiger charge is -2.06. The van der Waals surface area contributed by atoms with Gasteiger partial charge in [-0.05, 0) is 19.1 Å². The van der Waals surface area contributed by atoms with Gasteiger partial charge in [0.05, 0.1) is 13.5 Å². The largest absolute Gasteiger partial charge is 0.469 e. The normalized spacial score (nSPS) is 12.5. The first kappa shape index (κ1) is 10.2. The zero-order valence-electron chi connectivity index (χ0n) is 7.74. The van der Waals surface area contributed by atoms with E-state index < -0.39 is 0 Å². The topological polar surface area (TPSA) is 52.3 Å². The number of carbonyl (C=O) groups excluding carboxylic acids is 1. The Labute approximate surface area is 81.5 Å². The Morgan fingerprint density at radius 3 is 2.85 bits per heavy atom. The van der Waals surface area contributed by atoms with E-state index in [1.165, 1.54) is 12.0 Å². The molecule has 0 aliphatic carbocycles. The van der Waals surface area contributed by atoms with E-state index in [0.29, 0.717) is 0 Å². The Morgan fingerprint density at radius 1 is 1.69 bits per heavy atom. The highest BCUT2D eigenvalue weighted by atomic mass is 32.1. The Balaban J connectivity index is 2.58. The Bertz CT molecular complexity index is 296. The van der Waals surface area contributed by atoms with E-state index in [4.69, 9.17) is 5.73 Å². The van der Waals surface area contributed by atoms with Gasteiger partial charge in [0.2, 0.25) is 0 Å². The molecule has 72 valence electrons. The number of hydrogen-bond donors (Lipinski definition) is 1. The molecule has 0 spiro atoms. The summed E-state index contributed by atoms with van der Waals surface area (Å²) in [5, 5.41) is 0. The van der Waals surface area contributed by atoms with Crippen molar-refractivity contribution in [2.24, 2.45) is 5.73 Å². The molecule has 4 heteroatoms. The third-order valence-corrected chi connectivity index (χ3v) is 2.87. The van der Waals surface area contributed by atoms with Crippen LogP contribution < -0.4 is 5.73 Å². The predicted octanol–water partition coefficient (Wildman–Crippen LogP) is 1.62. The second-order valence-corrected chi connectivity index (χ2v) is 4.15. The number of ether oxygens (including phenoxy) is 1. The third kappa shape index (κ3) is 2.82. The molecule has 0 bridgehead atoms. The van der Waals surface area contributed by atoms with E-state index >= 15 is 0 Å². The van der Waals surface area contributed by atoms with Crippen LogP contribution in [0.2, 0.25) is 0 Å². The standard InChI is InChI=1S/C9H13NO2S/c1-6-3-4-8(13-6)7(10)5-9(11)12-2/h3-4,7H,5,10H2,1-2H3/t7-/m0/s1. The Kier molecular flexibility index (Phi) is 3.45. The van der Waals surface area contributed by atoms with Crippen LogP contribution in [0.15, 0.2) is 12.1 Å². The summed E-state index contributed by atoms with van der Waals surface area (Å²) in [6.45, 7) is 2.01. The van der Waals surface area contributed by atoms with Gasteiger partial charge in [-0.1, -0.05) is 0 Å². The minimum atomic E-state index is -0.265. The number of aryl methyl sites for hydroxylation is 1. The lowest BCUT2D eigenvalue weighted by atomic mass is 10.2. The number of rotatable bonds is 3. The fourth-order valence-electron chi connectivity index (χ4n) is 1.02. The van der Waals surface area contributed by atoms with Crippen molar-refractivity contribution in [2.75, 3.05) is 7.11 Å². The van der Waals surface area contributed by atoms with Gasteiger partial charge in [0.15, 0.2) is 0 Å². The van der Waals surface area contributed by atoms with E-state index in [9.17, 15) is 4.79 Å². The van der Waals surface area contributed by atoms with Crippen molar-refractivity contribution in [3.63, 3.8) is 0 Å². The Hall–Kier alpha value is -0.870. The maximum atomic E-state index is 10.9. The van der Waals surface area contributed by atoms with E-state index in [-0.39, 0.29) is 18.4 Å². The van der Waals surface area contributed by atoms with Crippen molar-refractivity contribution in [2.45, 2.75) is 19.4 Å². The second-order valence-electron chi connectivity index (χ2n) is 2.84. The van der Waals surface area contributed by atoms with E-state index in [0.717, 1.165) is 4.88 Å². The van der Waals surface area contributed by atoms with Crippen LogP contribution >= 0.6 is 11.3 Å². The molecule has 0 saturated carbocycles. The van der Waals surface area contributed by atoms with Gasteiger partial charge in [-0.15, -0.1) is 11.3 Å². The minimum Gasteiger partial charge on any atom is -0.469 e. The highest BCUT2D eigenvalue weighted by Gasteiger charge is 2.12. The van der Waals surface area contributed by atoms with Crippen LogP contribution in [0.3, 0.4) is 0 Å². The number of hydrogen-bond acceptors (Lipinski definition) is 4. The van der Waals surface area contributed by atoms with E-state index in [1.54, 1.807) is 11.3 Å². The van der Waals surface area contributed by atoms with Crippen LogP contribution in [0.1, 0.15) is 22.2 Å². The SMILES string of the molecule is COC(=O)C[C@H](N)c1ccc(C)s1. The number of methoxy groups -OCH3 is 1. The van der Waals surface area contributed by atoms with Gasteiger partial charge in [-0.2, -0.15) is 0 Å². The van der Waals surface area contributed by atoms with Crippen molar-refractivity contribution in [3.8, 4) is 0 Å². The molecule has 1 aromatic heterocycles. The predicted molar refractivity (Wildman–Crippen MR) is 52.6 cm³/mol. The summed E-state index contributed by atoms with van der Waals surface area (Å²) in [5.41, 5.74) is 5.79. The number of carbonyl (C=O) groups is 1. The molecule has 3 nitrogen and oxygen atoms in total. The molecule has 0 aromatic carbocycles. The van der Waals surface area contributed by atoms with Crippen LogP contribution in [0.25, 0.3) is 0 Å². The molecule has 1 atom stereocenters. The third-order valence-electron chi connectivity index (χ3n) is 1.74. The second kappa shape index (κ2) is 4.39. The van der Waals surface area contributed by atoms with Gasteiger partial charge in [-0.3, -0.25) is 4.79 Å². The average molecular weight is 199 g/mol. The molecule has 0 fully saturated rings. The summed E-state index contributed by atoms with van der Waals surface area (Å²) in [4.78, 5) is 13.1. The summed E-state index contributed by atoms with van der Waals surface area (Å²) < 4.78 is 4.53. The van der Waals surface area contributed by atoms with Crippen LogP contribution in [0.5, 0.6) is 0 Å². The number of nitrogens with two attached hydrogens (primary N) is 1. The van der Waals surface area contributed by atoms with Gasteiger partial charge >= 0.3 is 5.97 Å². The van der Waals surface area contributed by atoms with Crippen molar-refractivity contribution in [1.29, 1.82) is 0 Å². The molecular weight excluding hydrogens is 186 g/mol. The smallest absolute Gasteiger partial charge is 0.307 e. The molecule has 0 saturated heterocycles. The quantitative estimate of drug-likeness (QED) is 0.752. The van der Waals surface area contributed by atoms with Gasteiger partial charge in [-0.25, -0.2) is 0 Å². The summed E-state index contributed by atoms with van der Waals surface area (Å²) in [6, 6.07) is 3.72. The Morgan fingerprint density at radius 2 is 2.38 bits per heavy atom. The summed E-state index contributed by atoms with van der Waals surface area (Å²) in [5.74, 6) is -0.265. The molecular formula is C9H13NO2S. The monoisotopic (exact) mass is 199 g/mol. The van der Waals surface area contributed by atoms with Crippen LogP contribution in [-0.4, -0.2) is 13.1 Å². The molecule has 0 unspecified atom stereocenters. The first-order chi connectivity index (χ1) is 6.13. The maximum absolute atomic E-state index is 10.9. The maximum Gasteiger partial charge on any atom is 0.307 e. The zero-order valence-corrected chi connectivity index (χ0v) is 8.56. The van der Waals surface area contributed by atoms with Gasteiger partial charge in [0, 0.05) is 15.8 Å². The molecule has 1 aromatic rings.